The number of aromatic nitrogens is 1. The van der Waals surface area contributed by atoms with Crippen LogP contribution < -0.4 is 0 Å². The Bertz CT molecular complexity index is 529. The monoisotopic (exact) mass is 233 g/mol. The maximum absolute atomic E-state index is 10.5. The Hall–Kier alpha value is -1.42. The lowest BCUT2D eigenvalue weighted by molar-refractivity contribution is 0.111. The number of rotatable bonds is 3. The lowest BCUT2D eigenvalue weighted by Crippen LogP contribution is -1.78. The number of aldehydes is 1. The fourth-order valence-electron chi connectivity index (χ4n) is 1.84. The summed E-state index contributed by atoms with van der Waals surface area (Å²) in [5, 5.41) is 2.52. The molecule has 3 rings (SSSR count). The van der Waals surface area contributed by atoms with Crippen molar-refractivity contribution in [3.05, 3.63) is 29.0 Å². The number of hydrogen-bond donors (Lipinski definition) is 0. The van der Waals surface area contributed by atoms with Crippen molar-refractivity contribution in [3.8, 4) is 10.8 Å². The van der Waals surface area contributed by atoms with Gasteiger partial charge in [0.05, 0.1) is 0 Å². The molecule has 0 radical (unpaired) electrons. The zero-order valence-electron chi connectivity index (χ0n) is 8.84. The predicted octanol–water partition coefficient (Wildman–Crippen LogP) is 3.34. The Morgan fingerprint density at radius 1 is 1.56 bits per heavy atom. The molecular weight excluding hydrogens is 222 g/mol. The minimum absolute atomic E-state index is 0.470. The molecule has 0 aromatic carbocycles. The van der Waals surface area contributed by atoms with Gasteiger partial charge in [-0.3, -0.25) is 4.79 Å². The summed E-state index contributed by atoms with van der Waals surface area (Å²) < 4.78 is 5.75. The average Bonchev–Trinajstić information content (AvgIpc) is 2.80. The molecule has 2 atom stereocenters. The standard InChI is InChI=1S/C12H11NO2S/c1-7-4-9(7)10-2-3-11(15-10)12-13-8(5-14)6-16-12/h2-3,5-7,9H,4H2,1H3. The SMILES string of the molecule is CC1CC1c1ccc(-c2nc(C=O)cs2)o1. The van der Waals surface area contributed by atoms with Gasteiger partial charge in [-0.05, 0) is 24.5 Å². The third kappa shape index (κ3) is 1.59. The first kappa shape index (κ1) is 9.78. The van der Waals surface area contributed by atoms with E-state index in [0.717, 1.165) is 28.7 Å². The maximum atomic E-state index is 10.5. The Morgan fingerprint density at radius 3 is 3.00 bits per heavy atom. The largest absolute Gasteiger partial charge is 0.458 e. The molecule has 1 aliphatic carbocycles. The van der Waals surface area contributed by atoms with Gasteiger partial charge < -0.3 is 4.42 Å². The number of furan rings is 1. The second kappa shape index (κ2) is 3.56. The summed E-state index contributed by atoms with van der Waals surface area (Å²) >= 11 is 1.44. The molecule has 0 N–H and O–H groups in total. The van der Waals surface area contributed by atoms with Gasteiger partial charge in [-0.1, -0.05) is 6.92 Å². The van der Waals surface area contributed by atoms with E-state index in [-0.39, 0.29) is 0 Å². The Balaban J connectivity index is 1.88. The van der Waals surface area contributed by atoms with Crippen LogP contribution in [0.2, 0.25) is 0 Å². The van der Waals surface area contributed by atoms with Crippen molar-refractivity contribution >= 4 is 17.6 Å². The molecule has 0 spiro atoms. The lowest BCUT2D eigenvalue weighted by atomic mass is 10.3. The molecule has 0 saturated heterocycles. The first-order valence-corrected chi connectivity index (χ1v) is 6.16. The van der Waals surface area contributed by atoms with E-state index >= 15 is 0 Å². The molecule has 1 fully saturated rings. The first-order valence-electron chi connectivity index (χ1n) is 5.28. The molecule has 0 amide bonds. The number of nitrogens with zero attached hydrogens (tertiary/aromatic N) is 1. The first-order chi connectivity index (χ1) is 7.78. The third-order valence-electron chi connectivity index (χ3n) is 2.96. The number of carbonyl (C=O) groups excluding carboxylic acids is 1. The van der Waals surface area contributed by atoms with E-state index < -0.39 is 0 Å². The maximum Gasteiger partial charge on any atom is 0.169 e. The molecule has 2 aromatic heterocycles. The highest BCUT2D eigenvalue weighted by molar-refractivity contribution is 7.13. The van der Waals surface area contributed by atoms with Crippen molar-refractivity contribution in [2.75, 3.05) is 0 Å². The highest BCUT2D eigenvalue weighted by atomic mass is 32.1. The Labute approximate surface area is 97.1 Å². The molecule has 1 saturated carbocycles. The van der Waals surface area contributed by atoms with Crippen LogP contribution in [-0.2, 0) is 0 Å². The number of carbonyl (C=O) groups is 1. The number of thiazole rings is 1. The van der Waals surface area contributed by atoms with E-state index in [9.17, 15) is 4.79 Å². The minimum atomic E-state index is 0.470. The van der Waals surface area contributed by atoms with Gasteiger partial charge in [0.25, 0.3) is 0 Å². The van der Waals surface area contributed by atoms with Crippen molar-refractivity contribution < 1.29 is 9.21 Å². The van der Waals surface area contributed by atoms with Crippen molar-refractivity contribution in [1.29, 1.82) is 0 Å². The molecule has 2 heterocycles. The molecule has 0 aliphatic heterocycles. The van der Waals surface area contributed by atoms with Gasteiger partial charge in [0, 0.05) is 11.3 Å². The number of hydrogen-bond acceptors (Lipinski definition) is 4. The average molecular weight is 233 g/mol. The van der Waals surface area contributed by atoms with Gasteiger partial charge in [-0.15, -0.1) is 11.3 Å². The Morgan fingerprint density at radius 2 is 2.38 bits per heavy atom. The minimum Gasteiger partial charge on any atom is -0.458 e. The van der Waals surface area contributed by atoms with E-state index in [1.165, 1.54) is 17.8 Å². The van der Waals surface area contributed by atoms with E-state index in [0.29, 0.717) is 11.6 Å². The normalized spacial score (nSPS) is 23.3. The molecule has 3 nitrogen and oxygen atoms in total. The molecule has 16 heavy (non-hydrogen) atoms. The van der Waals surface area contributed by atoms with Crippen molar-refractivity contribution in [2.24, 2.45) is 5.92 Å². The van der Waals surface area contributed by atoms with Gasteiger partial charge in [-0.2, -0.15) is 0 Å². The van der Waals surface area contributed by atoms with Crippen molar-refractivity contribution in [2.45, 2.75) is 19.3 Å². The van der Waals surface area contributed by atoms with Crippen LogP contribution in [0.15, 0.2) is 21.9 Å². The van der Waals surface area contributed by atoms with Crippen LogP contribution in [0.3, 0.4) is 0 Å². The van der Waals surface area contributed by atoms with E-state index in [4.69, 9.17) is 4.42 Å². The Kier molecular flexibility index (Phi) is 2.17. The van der Waals surface area contributed by atoms with Crippen molar-refractivity contribution in [1.82, 2.24) is 4.98 Å². The molecule has 2 aromatic rings. The summed E-state index contributed by atoms with van der Waals surface area (Å²) in [7, 11) is 0. The molecule has 1 aliphatic rings. The summed E-state index contributed by atoms with van der Waals surface area (Å²) in [6.07, 6.45) is 1.97. The van der Waals surface area contributed by atoms with Crippen molar-refractivity contribution in [3.63, 3.8) is 0 Å². The van der Waals surface area contributed by atoms with Gasteiger partial charge in [0.1, 0.15) is 11.5 Å². The van der Waals surface area contributed by atoms with Crippen LogP contribution in [0.4, 0.5) is 0 Å². The summed E-state index contributed by atoms with van der Waals surface area (Å²) in [5.74, 6) is 3.14. The van der Waals surface area contributed by atoms with Crippen LogP contribution in [0, 0.1) is 5.92 Å². The zero-order valence-corrected chi connectivity index (χ0v) is 9.66. The summed E-state index contributed by atoms with van der Waals surface area (Å²) in [5.41, 5.74) is 0.470. The highest BCUT2D eigenvalue weighted by Crippen LogP contribution is 2.48. The van der Waals surface area contributed by atoms with Crippen LogP contribution in [-0.4, -0.2) is 11.3 Å². The van der Waals surface area contributed by atoms with Gasteiger partial charge in [-0.25, -0.2) is 4.98 Å². The fourth-order valence-corrected chi connectivity index (χ4v) is 2.56. The molecule has 2 unspecified atom stereocenters. The third-order valence-corrected chi connectivity index (χ3v) is 3.83. The molecule has 0 bridgehead atoms. The van der Waals surface area contributed by atoms with E-state index in [1.807, 2.05) is 12.1 Å². The molecular formula is C12H11NO2S. The van der Waals surface area contributed by atoms with Crippen LogP contribution in [0.1, 0.15) is 35.5 Å². The molecule has 4 heteroatoms. The summed E-state index contributed by atoms with van der Waals surface area (Å²) in [6.45, 7) is 2.22. The quantitative estimate of drug-likeness (QED) is 0.763. The van der Waals surface area contributed by atoms with Gasteiger partial charge >= 0.3 is 0 Å². The smallest absolute Gasteiger partial charge is 0.169 e. The zero-order chi connectivity index (χ0) is 11.1. The second-order valence-corrected chi connectivity index (χ2v) is 5.07. The van der Waals surface area contributed by atoms with Crippen LogP contribution in [0.25, 0.3) is 10.8 Å². The van der Waals surface area contributed by atoms with Gasteiger partial charge in [0.15, 0.2) is 17.1 Å². The van der Waals surface area contributed by atoms with E-state index in [1.54, 1.807) is 5.38 Å². The summed E-state index contributed by atoms with van der Waals surface area (Å²) in [6, 6.07) is 3.96. The van der Waals surface area contributed by atoms with Crippen LogP contribution >= 0.6 is 11.3 Å². The molecule has 82 valence electrons. The predicted molar refractivity (Wildman–Crippen MR) is 61.7 cm³/mol. The lowest BCUT2D eigenvalue weighted by Gasteiger charge is -1.91. The topological polar surface area (TPSA) is 43.1 Å². The highest BCUT2D eigenvalue weighted by Gasteiger charge is 2.36. The van der Waals surface area contributed by atoms with Crippen LogP contribution in [0.5, 0.6) is 0 Å². The fraction of sp³-hybridized carbons (Fsp3) is 0.333. The second-order valence-electron chi connectivity index (χ2n) is 4.22. The van der Waals surface area contributed by atoms with Gasteiger partial charge in [0.2, 0.25) is 0 Å². The summed E-state index contributed by atoms with van der Waals surface area (Å²) in [4.78, 5) is 14.7. The van der Waals surface area contributed by atoms with E-state index in [2.05, 4.69) is 11.9 Å².